The summed E-state index contributed by atoms with van der Waals surface area (Å²) in [6.07, 6.45) is 3.39. The van der Waals surface area contributed by atoms with Gasteiger partial charge in [-0.2, -0.15) is 0 Å². The summed E-state index contributed by atoms with van der Waals surface area (Å²) in [6, 6.07) is 0.390. The largest absolute Gasteiger partial charge is 0.386 e. The molecule has 0 heterocycles. The van der Waals surface area contributed by atoms with Gasteiger partial charge in [0.2, 0.25) is 0 Å². The van der Waals surface area contributed by atoms with Crippen molar-refractivity contribution < 1.29 is 0 Å². The molecule has 0 aliphatic heterocycles. The maximum atomic E-state index is 5.46. The predicted octanol–water partition coefficient (Wildman–Crippen LogP) is 0.970. The minimum atomic E-state index is 0.390. The van der Waals surface area contributed by atoms with Crippen LogP contribution in [0.2, 0.25) is 0 Å². The van der Waals surface area contributed by atoms with Gasteiger partial charge in [-0.15, -0.1) is 0 Å². The monoisotopic (exact) mass is 126 g/mol. The van der Waals surface area contributed by atoms with E-state index in [0.29, 0.717) is 11.9 Å². The molecule has 2 nitrogen and oxygen atoms in total. The van der Waals surface area contributed by atoms with Crippen molar-refractivity contribution in [1.82, 2.24) is 5.32 Å². The lowest BCUT2D eigenvalue weighted by Crippen LogP contribution is -2.26. The highest BCUT2D eigenvalue weighted by molar-refractivity contribution is 5.05. The van der Waals surface area contributed by atoms with Crippen molar-refractivity contribution in [2.45, 2.75) is 19.9 Å². The van der Waals surface area contributed by atoms with Gasteiger partial charge in [-0.25, -0.2) is 0 Å². The third kappa shape index (κ3) is 4.94. The van der Waals surface area contributed by atoms with Crippen LogP contribution in [-0.4, -0.2) is 6.04 Å². The number of hydrogen-bond acceptors (Lipinski definition) is 2. The molecule has 0 aromatic rings. The summed E-state index contributed by atoms with van der Waals surface area (Å²) >= 11 is 0. The van der Waals surface area contributed by atoms with Crippen LogP contribution in [0, 0.1) is 0 Å². The summed E-state index contributed by atoms with van der Waals surface area (Å²) in [5.41, 5.74) is 5.46. The Morgan fingerprint density at radius 1 is 1.67 bits per heavy atom. The zero-order valence-electron chi connectivity index (χ0n) is 6.02. The first-order valence-corrected chi connectivity index (χ1v) is 3.01. The van der Waals surface area contributed by atoms with Gasteiger partial charge in [0, 0.05) is 6.04 Å². The zero-order chi connectivity index (χ0) is 7.28. The van der Waals surface area contributed by atoms with E-state index in [2.05, 4.69) is 11.9 Å². The average molecular weight is 126 g/mol. The summed E-state index contributed by atoms with van der Waals surface area (Å²) in [6.45, 7) is 7.57. The highest BCUT2D eigenvalue weighted by Gasteiger charge is 1.89. The highest BCUT2D eigenvalue weighted by Crippen LogP contribution is 1.82. The van der Waals surface area contributed by atoms with Gasteiger partial charge >= 0.3 is 0 Å². The molecule has 52 valence electrons. The van der Waals surface area contributed by atoms with Crippen LogP contribution in [-0.2, 0) is 0 Å². The molecule has 0 atom stereocenters. The molecule has 2 heteroatoms. The zero-order valence-corrected chi connectivity index (χ0v) is 6.02. The van der Waals surface area contributed by atoms with Crippen molar-refractivity contribution >= 4 is 0 Å². The molecule has 0 aromatic carbocycles. The van der Waals surface area contributed by atoms with E-state index in [1.165, 1.54) is 0 Å². The van der Waals surface area contributed by atoms with Crippen molar-refractivity contribution in [1.29, 1.82) is 0 Å². The van der Waals surface area contributed by atoms with E-state index < -0.39 is 0 Å². The molecule has 0 aromatic heterocycles. The average Bonchev–Trinajstić information content (AvgIpc) is 1.63. The van der Waals surface area contributed by atoms with E-state index in [9.17, 15) is 0 Å². The highest BCUT2D eigenvalue weighted by atomic mass is 15.0. The molecule has 0 unspecified atom stereocenters. The smallest absolute Gasteiger partial charge is 0.0961 e. The Bertz CT molecular complexity index is 114. The molecule has 0 fully saturated rings. The van der Waals surface area contributed by atoms with Gasteiger partial charge in [0.1, 0.15) is 0 Å². The molecule has 9 heavy (non-hydrogen) atoms. The second kappa shape index (κ2) is 4.01. The molecule has 0 rings (SSSR count). The fraction of sp³-hybridized carbons (Fsp3) is 0.429. The first kappa shape index (κ1) is 8.08. The summed E-state index contributed by atoms with van der Waals surface area (Å²) < 4.78 is 0. The van der Waals surface area contributed by atoms with E-state index in [-0.39, 0.29) is 0 Å². The lowest BCUT2D eigenvalue weighted by atomic mass is 10.4. The first-order chi connectivity index (χ1) is 4.16. The third-order valence-electron chi connectivity index (χ3n) is 0.753. The van der Waals surface area contributed by atoms with Crippen LogP contribution in [0.15, 0.2) is 24.6 Å². The second-order valence-electron chi connectivity index (χ2n) is 2.16. The van der Waals surface area contributed by atoms with Crippen LogP contribution < -0.4 is 11.1 Å². The number of nitrogens with one attached hydrogen (secondary N) is 1. The predicted molar refractivity (Wildman–Crippen MR) is 40.7 cm³/mol. The van der Waals surface area contributed by atoms with Crippen LogP contribution in [0.1, 0.15) is 13.8 Å². The van der Waals surface area contributed by atoms with Crippen LogP contribution >= 0.6 is 0 Å². The molecular formula is C7H14N2. The molecule has 0 bridgehead atoms. The van der Waals surface area contributed by atoms with Gasteiger partial charge in [0.15, 0.2) is 0 Å². The Labute approximate surface area is 56.4 Å². The molecular weight excluding hydrogens is 112 g/mol. The standard InChI is InChI=1S/C7H14N2/c1-4-5-7(8)9-6(2)3/h4-6,9H,1,8H2,2-3H3/b7-5-. The SMILES string of the molecule is C=C/C=C(/N)NC(C)C. The number of allylic oxidation sites excluding steroid dienone is 2. The van der Waals surface area contributed by atoms with Crippen molar-refractivity contribution in [2.24, 2.45) is 5.73 Å². The third-order valence-corrected chi connectivity index (χ3v) is 0.753. The van der Waals surface area contributed by atoms with Crippen LogP contribution in [0.25, 0.3) is 0 Å². The van der Waals surface area contributed by atoms with E-state index in [1.807, 2.05) is 13.8 Å². The van der Waals surface area contributed by atoms with E-state index in [1.54, 1.807) is 12.2 Å². The summed E-state index contributed by atoms with van der Waals surface area (Å²) in [4.78, 5) is 0. The van der Waals surface area contributed by atoms with Crippen LogP contribution in [0.4, 0.5) is 0 Å². The topological polar surface area (TPSA) is 38.0 Å². The van der Waals surface area contributed by atoms with Crippen molar-refractivity contribution in [2.75, 3.05) is 0 Å². The molecule has 3 N–H and O–H groups in total. The van der Waals surface area contributed by atoms with Crippen molar-refractivity contribution in [3.8, 4) is 0 Å². The molecule has 0 spiro atoms. The Morgan fingerprint density at radius 3 is 2.56 bits per heavy atom. The molecule has 0 aliphatic rings. The van der Waals surface area contributed by atoms with Gasteiger partial charge < -0.3 is 11.1 Å². The Balaban J connectivity index is 3.61. The van der Waals surface area contributed by atoms with Crippen molar-refractivity contribution in [3.63, 3.8) is 0 Å². The summed E-state index contributed by atoms with van der Waals surface area (Å²) in [5, 5.41) is 3.01. The van der Waals surface area contributed by atoms with Crippen molar-refractivity contribution in [3.05, 3.63) is 24.6 Å². The van der Waals surface area contributed by atoms with Crippen LogP contribution in [0.5, 0.6) is 0 Å². The lowest BCUT2D eigenvalue weighted by molar-refractivity contribution is 0.663. The van der Waals surface area contributed by atoms with E-state index >= 15 is 0 Å². The summed E-state index contributed by atoms with van der Waals surface area (Å²) in [5.74, 6) is 0.667. The van der Waals surface area contributed by atoms with Gasteiger partial charge in [-0.3, -0.25) is 0 Å². The Kier molecular flexibility index (Phi) is 3.60. The molecule has 0 radical (unpaired) electrons. The quantitative estimate of drug-likeness (QED) is 0.553. The van der Waals surface area contributed by atoms with Gasteiger partial charge in [-0.05, 0) is 19.9 Å². The Hall–Kier alpha value is -0.920. The maximum absolute atomic E-state index is 5.46. The Morgan fingerprint density at radius 2 is 2.22 bits per heavy atom. The molecule has 0 amide bonds. The fourth-order valence-electron chi connectivity index (χ4n) is 0.508. The fourth-order valence-corrected chi connectivity index (χ4v) is 0.508. The maximum Gasteiger partial charge on any atom is 0.0961 e. The van der Waals surface area contributed by atoms with Gasteiger partial charge in [0.25, 0.3) is 0 Å². The minimum absolute atomic E-state index is 0.390. The van der Waals surface area contributed by atoms with Crippen LogP contribution in [0.3, 0.4) is 0 Å². The number of hydrogen-bond donors (Lipinski definition) is 2. The normalized spacial score (nSPS) is 11.7. The second-order valence-corrected chi connectivity index (χ2v) is 2.16. The number of rotatable bonds is 3. The number of nitrogens with two attached hydrogens (primary N) is 1. The minimum Gasteiger partial charge on any atom is -0.386 e. The van der Waals surface area contributed by atoms with E-state index in [4.69, 9.17) is 5.73 Å². The van der Waals surface area contributed by atoms with Gasteiger partial charge in [0.05, 0.1) is 5.82 Å². The first-order valence-electron chi connectivity index (χ1n) is 3.01. The van der Waals surface area contributed by atoms with Gasteiger partial charge in [-0.1, -0.05) is 12.7 Å². The molecule has 0 saturated carbocycles. The lowest BCUT2D eigenvalue weighted by Gasteiger charge is -2.07. The summed E-state index contributed by atoms with van der Waals surface area (Å²) in [7, 11) is 0. The van der Waals surface area contributed by atoms with E-state index in [0.717, 1.165) is 0 Å². The molecule has 0 saturated heterocycles. The molecule has 0 aliphatic carbocycles.